The van der Waals surface area contributed by atoms with Crippen LogP contribution in [0.25, 0.3) is 5.53 Å². The molecular formula is C18H22N2O2S. The van der Waals surface area contributed by atoms with Gasteiger partial charge in [0.2, 0.25) is 5.78 Å². The van der Waals surface area contributed by atoms with Gasteiger partial charge >= 0.3 is 6.21 Å². The summed E-state index contributed by atoms with van der Waals surface area (Å²) in [4.78, 5) is 16.0. The summed E-state index contributed by atoms with van der Waals surface area (Å²) < 4.78 is 6.45. The molecule has 1 aromatic carbocycles. The lowest BCUT2D eigenvalue weighted by Gasteiger charge is -2.42. The van der Waals surface area contributed by atoms with Crippen molar-refractivity contribution in [3.05, 3.63) is 35.4 Å². The Hall–Kier alpha value is -1.42. The predicted molar refractivity (Wildman–Crippen MR) is 90.5 cm³/mol. The Morgan fingerprint density at radius 1 is 1.39 bits per heavy atom. The van der Waals surface area contributed by atoms with E-state index in [1.54, 1.807) is 11.8 Å². The highest BCUT2D eigenvalue weighted by atomic mass is 32.2. The molecule has 23 heavy (non-hydrogen) atoms. The molecule has 122 valence electrons. The maximum Gasteiger partial charge on any atom is 0.323 e. The van der Waals surface area contributed by atoms with Crippen molar-refractivity contribution < 1.29 is 14.3 Å². The molecule has 5 heteroatoms. The van der Waals surface area contributed by atoms with Crippen LogP contribution in [0, 0.1) is 12.8 Å². The van der Waals surface area contributed by atoms with Gasteiger partial charge in [-0.1, -0.05) is 35.9 Å². The van der Waals surface area contributed by atoms with E-state index >= 15 is 0 Å². The Bertz CT molecular complexity index is 624. The van der Waals surface area contributed by atoms with Crippen molar-refractivity contribution >= 4 is 23.8 Å². The quantitative estimate of drug-likeness (QED) is 0.465. The molecule has 2 aliphatic rings. The van der Waals surface area contributed by atoms with Gasteiger partial charge in [0.25, 0.3) is 0 Å². The van der Waals surface area contributed by atoms with Crippen molar-refractivity contribution in [2.75, 3.05) is 0 Å². The second-order valence-electron chi connectivity index (χ2n) is 6.60. The van der Waals surface area contributed by atoms with Gasteiger partial charge in [0.1, 0.15) is 5.44 Å². The molecule has 1 saturated heterocycles. The summed E-state index contributed by atoms with van der Waals surface area (Å²) in [7, 11) is 0. The smallest absolute Gasteiger partial charge is 0.323 e. The first-order valence-electron chi connectivity index (χ1n) is 8.23. The van der Waals surface area contributed by atoms with Gasteiger partial charge in [-0.25, -0.2) is 0 Å². The fraction of sp³-hybridized carbons (Fsp3) is 0.556. The third-order valence-corrected chi connectivity index (χ3v) is 6.12. The number of aryl methyl sites for hydroxylation is 1. The zero-order chi connectivity index (χ0) is 16.3. The molecule has 1 aliphatic heterocycles. The molecule has 0 amide bonds. The lowest BCUT2D eigenvalue weighted by atomic mass is 9.81. The number of hydrogen-bond donors (Lipinski definition) is 0. The highest BCUT2D eigenvalue weighted by Crippen LogP contribution is 2.50. The molecule has 1 saturated carbocycles. The van der Waals surface area contributed by atoms with Crippen molar-refractivity contribution in [3.63, 3.8) is 0 Å². The minimum absolute atomic E-state index is 0.0888. The van der Waals surface area contributed by atoms with Crippen LogP contribution < -0.4 is 0 Å². The van der Waals surface area contributed by atoms with Crippen LogP contribution in [-0.2, 0) is 9.53 Å². The Kier molecular flexibility index (Phi) is 5.00. The van der Waals surface area contributed by atoms with E-state index < -0.39 is 0 Å². The Labute approximate surface area is 141 Å². The molecule has 1 aliphatic carbocycles. The summed E-state index contributed by atoms with van der Waals surface area (Å²) in [6.07, 6.45) is 6.62. The van der Waals surface area contributed by atoms with Gasteiger partial charge in [0, 0.05) is 11.3 Å². The highest BCUT2D eigenvalue weighted by Gasteiger charge is 2.49. The van der Waals surface area contributed by atoms with Crippen molar-refractivity contribution in [3.8, 4) is 0 Å². The van der Waals surface area contributed by atoms with Crippen molar-refractivity contribution in [2.24, 2.45) is 5.92 Å². The number of ether oxygens (including phenoxy) is 1. The van der Waals surface area contributed by atoms with E-state index in [0.717, 1.165) is 38.3 Å². The number of ketones is 1. The number of rotatable bonds is 5. The Morgan fingerprint density at radius 2 is 2.17 bits per heavy atom. The lowest BCUT2D eigenvalue weighted by molar-refractivity contribution is -0.141. The van der Waals surface area contributed by atoms with Gasteiger partial charge in [-0.15, -0.1) is 0 Å². The van der Waals surface area contributed by atoms with Gasteiger partial charge in [-0.05, 0) is 50.7 Å². The summed E-state index contributed by atoms with van der Waals surface area (Å²) in [6, 6.07) is 8.47. The van der Waals surface area contributed by atoms with E-state index in [1.165, 1.54) is 10.5 Å². The molecule has 2 fully saturated rings. The second kappa shape index (κ2) is 7.00. The number of hydrogen-bond acceptors (Lipinski definition) is 3. The fourth-order valence-corrected chi connectivity index (χ4v) is 4.96. The largest absolute Gasteiger partial charge is 0.361 e. The van der Waals surface area contributed by atoms with Crippen LogP contribution in [0.1, 0.15) is 44.1 Å². The van der Waals surface area contributed by atoms with Gasteiger partial charge in [0.15, 0.2) is 0 Å². The number of Topliss-reactive ketones (excluding diaryl/α,β-unsaturated/α-hetero) is 1. The van der Waals surface area contributed by atoms with Gasteiger partial charge < -0.3 is 10.3 Å². The number of fused-ring (bicyclic) bond motifs is 1. The second-order valence-corrected chi connectivity index (χ2v) is 7.83. The van der Waals surface area contributed by atoms with Crippen molar-refractivity contribution in [1.82, 2.24) is 0 Å². The zero-order valence-electron chi connectivity index (χ0n) is 13.4. The minimum atomic E-state index is -0.362. The summed E-state index contributed by atoms with van der Waals surface area (Å²) >= 11 is 1.74. The molecule has 3 atom stereocenters. The monoisotopic (exact) mass is 330 g/mol. The molecule has 0 N–H and O–H groups in total. The predicted octanol–water partition coefficient (Wildman–Crippen LogP) is 4.02. The number of carbonyl (C=O) groups excluding carboxylic acids is 1. The average Bonchev–Trinajstić information content (AvgIpc) is 2.92. The summed E-state index contributed by atoms with van der Waals surface area (Å²) in [5.74, 6) is 0.300. The maximum atomic E-state index is 12.0. The summed E-state index contributed by atoms with van der Waals surface area (Å²) in [5.41, 5.74) is 9.55. The zero-order valence-corrected chi connectivity index (χ0v) is 14.2. The minimum Gasteiger partial charge on any atom is -0.361 e. The van der Waals surface area contributed by atoms with Crippen LogP contribution in [-0.4, -0.2) is 27.8 Å². The van der Waals surface area contributed by atoms with Gasteiger partial charge in [0.05, 0.1) is 5.60 Å². The standard InChI is InChI=1S/C18H22N2O2S/c1-13-4-7-16(8-5-13)23-17-9-6-14-3-2-10-18(14,22-17)11-15(21)12-20-19/h4-5,7-8,12,14,17H,2-3,6,9-11H2,1H3/t14-,17+,18+/m1/s1. The Morgan fingerprint density at radius 3 is 2.91 bits per heavy atom. The fourth-order valence-electron chi connectivity index (χ4n) is 3.87. The third kappa shape index (κ3) is 3.74. The highest BCUT2D eigenvalue weighted by molar-refractivity contribution is 7.99. The molecule has 0 spiro atoms. The normalized spacial score (nSPS) is 29.6. The SMILES string of the molecule is Cc1ccc(S[C@H]2CC[C@H]3CCC[C@@]3(CC(=O)C=[N+]=[N-])O2)cc1. The molecule has 0 aromatic heterocycles. The van der Waals surface area contributed by atoms with Gasteiger partial charge in [-0.2, -0.15) is 4.79 Å². The molecule has 1 heterocycles. The lowest BCUT2D eigenvalue weighted by Crippen LogP contribution is -2.45. The molecule has 4 nitrogen and oxygen atoms in total. The van der Waals surface area contributed by atoms with Crippen molar-refractivity contribution in [2.45, 2.75) is 61.4 Å². The van der Waals surface area contributed by atoms with E-state index in [0.29, 0.717) is 12.3 Å². The summed E-state index contributed by atoms with van der Waals surface area (Å²) in [6.45, 7) is 2.08. The molecule has 3 rings (SSSR count). The van der Waals surface area contributed by atoms with Crippen LogP contribution in [0.15, 0.2) is 29.2 Å². The van der Waals surface area contributed by atoms with Crippen LogP contribution >= 0.6 is 11.8 Å². The first-order valence-corrected chi connectivity index (χ1v) is 9.11. The Balaban J connectivity index is 1.71. The molecule has 0 bridgehead atoms. The topological polar surface area (TPSA) is 62.7 Å². The first kappa shape index (κ1) is 16.4. The van der Waals surface area contributed by atoms with Crippen LogP contribution in [0.2, 0.25) is 0 Å². The maximum absolute atomic E-state index is 12.0. The first-order chi connectivity index (χ1) is 11.1. The summed E-state index contributed by atoms with van der Waals surface area (Å²) in [5, 5.41) is 0. The van der Waals surface area contributed by atoms with Crippen LogP contribution in [0.4, 0.5) is 0 Å². The molecule has 1 aromatic rings. The third-order valence-electron chi connectivity index (χ3n) is 4.98. The number of nitrogens with zero attached hydrogens (tertiary/aromatic N) is 2. The van der Waals surface area contributed by atoms with E-state index in [2.05, 4.69) is 36.0 Å². The van der Waals surface area contributed by atoms with E-state index in [1.807, 2.05) is 0 Å². The average molecular weight is 330 g/mol. The van der Waals surface area contributed by atoms with E-state index in [-0.39, 0.29) is 16.8 Å². The van der Waals surface area contributed by atoms with Gasteiger partial charge in [-0.3, -0.25) is 4.79 Å². The van der Waals surface area contributed by atoms with E-state index in [9.17, 15) is 4.79 Å². The molecule has 0 radical (unpaired) electrons. The van der Waals surface area contributed by atoms with E-state index in [4.69, 9.17) is 10.3 Å². The molecular weight excluding hydrogens is 308 g/mol. The number of benzene rings is 1. The number of thioether (sulfide) groups is 1. The van der Waals surface area contributed by atoms with Crippen molar-refractivity contribution in [1.29, 1.82) is 0 Å². The van der Waals surface area contributed by atoms with Crippen LogP contribution in [0.3, 0.4) is 0 Å². The van der Waals surface area contributed by atoms with Crippen LogP contribution in [0.5, 0.6) is 0 Å². The number of carbonyl (C=O) groups is 1. The molecule has 0 unspecified atom stereocenters.